The molecular formula is C13H14ClN3O2S2. The summed E-state index contributed by atoms with van der Waals surface area (Å²) < 4.78 is 6.37. The fourth-order valence-corrected chi connectivity index (χ4v) is 3.20. The molecule has 2 rings (SSSR count). The molecule has 1 unspecified atom stereocenters. The van der Waals surface area contributed by atoms with E-state index in [9.17, 15) is 4.79 Å². The number of nitrogens with one attached hydrogen (secondary N) is 1. The number of hydrogen-bond donors (Lipinski definition) is 1. The monoisotopic (exact) mass is 343 g/mol. The van der Waals surface area contributed by atoms with Crippen LogP contribution in [0.2, 0.25) is 5.02 Å². The number of rotatable bonds is 6. The van der Waals surface area contributed by atoms with Gasteiger partial charge in [-0.25, -0.2) is 0 Å². The van der Waals surface area contributed by atoms with E-state index in [0.29, 0.717) is 15.9 Å². The zero-order chi connectivity index (χ0) is 15.2. The van der Waals surface area contributed by atoms with Gasteiger partial charge in [0.1, 0.15) is 5.75 Å². The first-order chi connectivity index (χ1) is 10.1. The van der Waals surface area contributed by atoms with E-state index in [2.05, 4.69) is 15.5 Å². The number of aromatic nitrogens is 2. The van der Waals surface area contributed by atoms with Crippen molar-refractivity contribution in [2.45, 2.75) is 24.3 Å². The number of ether oxygens (including phenoxy) is 1. The van der Waals surface area contributed by atoms with E-state index in [1.54, 1.807) is 43.0 Å². The SMILES string of the molecule is CCSc1nnc(NC(=O)C(C)Oc2ccc(Cl)cc2)s1. The van der Waals surface area contributed by atoms with E-state index in [-0.39, 0.29) is 5.91 Å². The van der Waals surface area contributed by atoms with Crippen molar-refractivity contribution >= 4 is 45.7 Å². The van der Waals surface area contributed by atoms with E-state index in [4.69, 9.17) is 16.3 Å². The summed E-state index contributed by atoms with van der Waals surface area (Å²) in [6.07, 6.45) is -0.641. The average Bonchev–Trinajstić information content (AvgIpc) is 2.89. The van der Waals surface area contributed by atoms with Crippen LogP contribution in [-0.2, 0) is 4.79 Å². The Bertz CT molecular complexity index is 604. The number of thioether (sulfide) groups is 1. The second-order valence-corrected chi connectivity index (χ2v) is 6.93. The lowest BCUT2D eigenvalue weighted by Gasteiger charge is -2.13. The minimum atomic E-state index is -0.641. The topological polar surface area (TPSA) is 64.1 Å². The van der Waals surface area contributed by atoms with Gasteiger partial charge in [-0.15, -0.1) is 10.2 Å². The van der Waals surface area contributed by atoms with Gasteiger partial charge in [-0.1, -0.05) is 41.6 Å². The van der Waals surface area contributed by atoms with Gasteiger partial charge < -0.3 is 4.74 Å². The van der Waals surface area contributed by atoms with Crippen molar-refractivity contribution in [2.24, 2.45) is 0 Å². The number of hydrogen-bond acceptors (Lipinski definition) is 6. The third kappa shape index (κ3) is 4.87. The first kappa shape index (κ1) is 16.1. The Morgan fingerprint density at radius 3 is 2.81 bits per heavy atom. The first-order valence-electron chi connectivity index (χ1n) is 6.28. The Hall–Kier alpha value is -1.31. The lowest BCUT2D eigenvalue weighted by molar-refractivity contribution is -0.122. The van der Waals surface area contributed by atoms with Crippen molar-refractivity contribution in [3.05, 3.63) is 29.3 Å². The van der Waals surface area contributed by atoms with Gasteiger partial charge in [-0.2, -0.15) is 0 Å². The molecule has 112 valence electrons. The molecule has 21 heavy (non-hydrogen) atoms. The molecule has 1 aromatic carbocycles. The summed E-state index contributed by atoms with van der Waals surface area (Å²) in [5, 5.41) is 11.7. The smallest absolute Gasteiger partial charge is 0.266 e. The molecule has 8 heteroatoms. The molecule has 2 aromatic rings. The second-order valence-electron chi connectivity index (χ2n) is 4.01. The molecule has 1 heterocycles. The summed E-state index contributed by atoms with van der Waals surface area (Å²) in [4.78, 5) is 12.0. The number of benzene rings is 1. The molecule has 0 aliphatic carbocycles. The molecule has 1 atom stereocenters. The molecule has 0 fully saturated rings. The lowest BCUT2D eigenvalue weighted by Crippen LogP contribution is -2.30. The highest BCUT2D eigenvalue weighted by Crippen LogP contribution is 2.25. The van der Waals surface area contributed by atoms with Crippen LogP contribution in [0.15, 0.2) is 28.6 Å². The van der Waals surface area contributed by atoms with Crippen molar-refractivity contribution < 1.29 is 9.53 Å². The number of anilines is 1. The second kappa shape index (κ2) is 7.63. The number of carbonyl (C=O) groups is 1. The predicted octanol–water partition coefficient (Wildman–Crippen LogP) is 3.71. The minimum absolute atomic E-state index is 0.269. The molecule has 0 radical (unpaired) electrons. The van der Waals surface area contributed by atoms with Crippen LogP contribution < -0.4 is 10.1 Å². The molecule has 0 saturated heterocycles. The Labute approximate surface area is 136 Å². The fraction of sp³-hybridized carbons (Fsp3) is 0.308. The molecule has 0 spiro atoms. The first-order valence-corrected chi connectivity index (χ1v) is 8.46. The van der Waals surface area contributed by atoms with Crippen molar-refractivity contribution in [1.82, 2.24) is 10.2 Å². The van der Waals surface area contributed by atoms with Gasteiger partial charge in [-0.05, 0) is 36.9 Å². The summed E-state index contributed by atoms with van der Waals surface area (Å²) in [7, 11) is 0. The van der Waals surface area contributed by atoms with Gasteiger partial charge in [0.15, 0.2) is 10.4 Å². The summed E-state index contributed by atoms with van der Waals surface area (Å²) in [6, 6.07) is 6.85. The molecule has 0 aliphatic heterocycles. The van der Waals surface area contributed by atoms with Crippen molar-refractivity contribution in [3.8, 4) is 5.75 Å². The van der Waals surface area contributed by atoms with Crippen LogP contribution >= 0.6 is 34.7 Å². The zero-order valence-electron chi connectivity index (χ0n) is 11.5. The van der Waals surface area contributed by atoms with E-state index in [1.165, 1.54) is 11.3 Å². The maximum Gasteiger partial charge on any atom is 0.266 e. The van der Waals surface area contributed by atoms with Gasteiger partial charge in [0.2, 0.25) is 5.13 Å². The molecule has 1 amide bonds. The third-order valence-electron chi connectivity index (χ3n) is 2.40. The standard InChI is InChI=1S/C13H14ClN3O2S2/c1-3-20-13-17-16-12(21-13)15-11(18)8(2)19-10-6-4-9(14)5-7-10/h4-8H,3H2,1-2H3,(H,15,16,18). The van der Waals surface area contributed by atoms with E-state index in [1.807, 2.05) is 6.92 Å². The highest BCUT2D eigenvalue weighted by molar-refractivity contribution is 8.01. The van der Waals surface area contributed by atoms with Crippen LogP contribution in [0.4, 0.5) is 5.13 Å². The normalized spacial score (nSPS) is 12.0. The van der Waals surface area contributed by atoms with Crippen LogP contribution in [0.25, 0.3) is 0 Å². The molecule has 1 N–H and O–H groups in total. The average molecular weight is 344 g/mol. The summed E-state index contributed by atoms with van der Waals surface area (Å²) in [5.41, 5.74) is 0. The number of carbonyl (C=O) groups excluding carboxylic acids is 1. The Morgan fingerprint density at radius 2 is 2.14 bits per heavy atom. The van der Waals surface area contributed by atoms with E-state index in [0.717, 1.165) is 10.1 Å². The van der Waals surface area contributed by atoms with Crippen LogP contribution in [0.3, 0.4) is 0 Å². The van der Waals surface area contributed by atoms with Gasteiger partial charge in [-0.3, -0.25) is 10.1 Å². The van der Waals surface area contributed by atoms with Gasteiger partial charge in [0, 0.05) is 5.02 Å². The van der Waals surface area contributed by atoms with Gasteiger partial charge in [0.05, 0.1) is 0 Å². The molecule has 0 saturated carbocycles. The number of nitrogens with zero attached hydrogens (tertiary/aromatic N) is 2. The van der Waals surface area contributed by atoms with Gasteiger partial charge in [0.25, 0.3) is 5.91 Å². The van der Waals surface area contributed by atoms with Crippen LogP contribution in [0, 0.1) is 0 Å². The molecule has 5 nitrogen and oxygen atoms in total. The lowest BCUT2D eigenvalue weighted by atomic mass is 10.3. The quantitative estimate of drug-likeness (QED) is 0.640. The molecule has 0 aliphatic rings. The molecule has 1 aromatic heterocycles. The maximum atomic E-state index is 12.0. The third-order valence-corrected chi connectivity index (χ3v) is 4.51. The van der Waals surface area contributed by atoms with Crippen molar-refractivity contribution in [2.75, 3.05) is 11.1 Å². The molecular weight excluding hydrogens is 330 g/mol. The summed E-state index contributed by atoms with van der Waals surface area (Å²) >= 11 is 8.73. The predicted molar refractivity (Wildman–Crippen MR) is 86.5 cm³/mol. The Balaban J connectivity index is 1.90. The minimum Gasteiger partial charge on any atom is -0.481 e. The van der Waals surface area contributed by atoms with E-state index >= 15 is 0 Å². The van der Waals surface area contributed by atoms with Crippen LogP contribution in [-0.4, -0.2) is 28.0 Å². The Kier molecular flexibility index (Phi) is 5.84. The van der Waals surface area contributed by atoms with Crippen molar-refractivity contribution in [3.63, 3.8) is 0 Å². The maximum absolute atomic E-state index is 12.0. The highest BCUT2D eigenvalue weighted by Gasteiger charge is 2.17. The van der Waals surface area contributed by atoms with Crippen LogP contribution in [0.5, 0.6) is 5.75 Å². The summed E-state index contributed by atoms with van der Waals surface area (Å²) in [6.45, 7) is 3.71. The number of halogens is 1. The Morgan fingerprint density at radius 1 is 1.43 bits per heavy atom. The fourth-order valence-electron chi connectivity index (χ4n) is 1.42. The van der Waals surface area contributed by atoms with Gasteiger partial charge >= 0.3 is 0 Å². The highest BCUT2D eigenvalue weighted by atomic mass is 35.5. The number of amides is 1. The van der Waals surface area contributed by atoms with Crippen LogP contribution in [0.1, 0.15) is 13.8 Å². The zero-order valence-corrected chi connectivity index (χ0v) is 13.9. The largest absolute Gasteiger partial charge is 0.481 e. The summed E-state index contributed by atoms with van der Waals surface area (Å²) in [5.74, 6) is 1.23. The van der Waals surface area contributed by atoms with Crippen molar-refractivity contribution in [1.29, 1.82) is 0 Å². The molecule has 0 bridgehead atoms. The van der Waals surface area contributed by atoms with E-state index < -0.39 is 6.10 Å².